The van der Waals surface area contributed by atoms with E-state index in [1.54, 1.807) is 24.2 Å². The molecule has 0 N–H and O–H groups in total. The van der Waals surface area contributed by atoms with Crippen molar-refractivity contribution >= 4 is 23.3 Å². The SMILES string of the molecule is Cc1nnsc1C(=O)N1CCC(Oc2cncc(N(C)C)n2)C1. The molecule has 0 saturated carbocycles. The number of hydrogen-bond donors (Lipinski definition) is 0. The zero-order valence-corrected chi connectivity index (χ0v) is 14.1. The number of amides is 1. The lowest BCUT2D eigenvalue weighted by molar-refractivity contribution is 0.0775. The summed E-state index contributed by atoms with van der Waals surface area (Å²) < 4.78 is 9.69. The smallest absolute Gasteiger partial charge is 0.267 e. The van der Waals surface area contributed by atoms with Gasteiger partial charge in [-0.05, 0) is 18.5 Å². The van der Waals surface area contributed by atoms with Gasteiger partial charge < -0.3 is 14.5 Å². The van der Waals surface area contributed by atoms with E-state index in [1.165, 1.54) is 0 Å². The van der Waals surface area contributed by atoms with E-state index in [0.29, 0.717) is 29.5 Å². The average Bonchev–Trinajstić information content (AvgIpc) is 3.16. The molecule has 0 aromatic carbocycles. The molecule has 2 aromatic rings. The molecule has 0 bridgehead atoms. The van der Waals surface area contributed by atoms with Crippen LogP contribution in [0.1, 0.15) is 21.8 Å². The molecule has 122 valence electrons. The maximum absolute atomic E-state index is 12.4. The zero-order valence-electron chi connectivity index (χ0n) is 13.3. The van der Waals surface area contributed by atoms with Crippen LogP contribution in [0.4, 0.5) is 5.82 Å². The minimum atomic E-state index is -0.0770. The molecule has 1 unspecified atom stereocenters. The Labute approximate surface area is 138 Å². The third-order valence-electron chi connectivity index (χ3n) is 3.62. The lowest BCUT2D eigenvalue weighted by atomic mass is 10.3. The molecule has 23 heavy (non-hydrogen) atoms. The molecule has 1 aliphatic heterocycles. The monoisotopic (exact) mass is 334 g/mol. The summed E-state index contributed by atoms with van der Waals surface area (Å²) in [7, 11) is 3.80. The molecule has 1 atom stereocenters. The van der Waals surface area contributed by atoms with E-state index in [9.17, 15) is 4.79 Å². The summed E-state index contributed by atoms with van der Waals surface area (Å²) in [4.78, 5) is 25.2. The molecule has 8 nitrogen and oxygen atoms in total. The van der Waals surface area contributed by atoms with Crippen molar-refractivity contribution in [2.45, 2.75) is 19.4 Å². The normalized spacial score (nSPS) is 17.3. The largest absolute Gasteiger partial charge is 0.471 e. The number of aryl methyl sites for hydroxylation is 1. The molecule has 0 aliphatic carbocycles. The molecule has 1 saturated heterocycles. The fourth-order valence-electron chi connectivity index (χ4n) is 2.36. The molecule has 3 heterocycles. The Balaban J connectivity index is 1.63. The second-order valence-electron chi connectivity index (χ2n) is 5.58. The van der Waals surface area contributed by atoms with Gasteiger partial charge in [-0.3, -0.25) is 9.78 Å². The standard InChI is InChI=1S/C14H18N6O2S/c1-9-13(23-18-17-9)14(21)20-5-4-10(8-20)22-12-7-15-6-11(16-12)19(2)3/h6-7,10H,4-5,8H2,1-3H3. The van der Waals surface area contributed by atoms with E-state index in [-0.39, 0.29) is 12.0 Å². The Hall–Kier alpha value is -2.29. The number of rotatable bonds is 4. The van der Waals surface area contributed by atoms with E-state index in [2.05, 4.69) is 19.6 Å². The maximum atomic E-state index is 12.4. The quantitative estimate of drug-likeness (QED) is 0.824. The summed E-state index contributed by atoms with van der Waals surface area (Å²) in [5, 5.41) is 3.89. The van der Waals surface area contributed by atoms with Gasteiger partial charge in [-0.1, -0.05) is 4.49 Å². The highest BCUT2D eigenvalue weighted by Gasteiger charge is 2.30. The maximum Gasteiger partial charge on any atom is 0.267 e. The molecular formula is C14H18N6O2S. The van der Waals surface area contributed by atoms with Gasteiger partial charge in [0.25, 0.3) is 5.91 Å². The van der Waals surface area contributed by atoms with Crippen LogP contribution >= 0.6 is 11.5 Å². The van der Waals surface area contributed by atoms with Crippen LogP contribution in [0.3, 0.4) is 0 Å². The first-order valence-corrected chi connectivity index (χ1v) is 8.06. The fraction of sp³-hybridized carbons (Fsp3) is 0.500. The van der Waals surface area contributed by atoms with Crippen LogP contribution in [0.5, 0.6) is 5.88 Å². The Bertz CT molecular complexity index is 704. The number of carbonyl (C=O) groups excluding carboxylic acids is 1. The highest BCUT2D eigenvalue weighted by Crippen LogP contribution is 2.21. The van der Waals surface area contributed by atoms with Crippen molar-refractivity contribution in [1.29, 1.82) is 0 Å². The second kappa shape index (κ2) is 6.45. The first kappa shape index (κ1) is 15.6. The Kier molecular flexibility index (Phi) is 4.37. The molecule has 3 rings (SSSR count). The number of aromatic nitrogens is 4. The van der Waals surface area contributed by atoms with Crippen LogP contribution in [0, 0.1) is 6.92 Å². The lowest BCUT2D eigenvalue weighted by Crippen LogP contribution is -2.31. The van der Waals surface area contributed by atoms with Crippen molar-refractivity contribution in [2.75, 3.05) is 32.1 Å². The Morgan fingerprint density at radius 3 is 2.96 bits per heavy atom. The number of hydrogen-bond acceptors (Lipinski definition) is 8. The van der Waals surface area contributed by atoms with Crippen molar-refractivity contribution in [3.05, 3.63) is 23.0 Å². The minimum Gasteiger partial charge on any atom is -0.471 e. The zero-order chi connectivity index (χ0) is 16.4. The van der Waals surface area contributed by atoms with Crippen molar-refractivity contribution in [1.82, 2.24) is 24.5 Å². The van der Waals surface area contributed by atoms with Gasteiger partial charge in [-0.15, -0.1) is 5.10 Å². The van der Waals surface area contributed by atoms with Gasteiger partial charge >= 0.3 is 0 Å². The molecule has 0 radical (unpaired) electrons. The number of ether oxygens (including phenoxy) is 1. The average molecular weight is 334 g/mol. The van der Waals surface area contributed by atoms with E-state index in [1.807, 2.05) is 19.0 Å². The van der Waals surface area contributed by atoms with Gasteiger partial charge in [0.1, 0.15) is 11.0 Å². The summed E-state index contributed by atoms with van der Waals surface area (Å²) in [5.41, 5.74) is 0.675. The van der Waals surface area contributed by atoms with E-state index in [0.717, 1.165) is 23.8 Å². The van der Waals surface area contributed by atoms with Gasteiger partial charge in [-0.2, -0.15) is 4.98 Å². The van der Waals surface area contributed by atoms with E-state index >= 15 is 0 Å². The van der Waals surface area contributed by atoms with Crippen LogP contribution in [0.25, 0.3) is 0 Å². The highest BCUT2D eigenvalue weighted by atomic mass is 32.1. The van der Waals surface area contributed by atoms with Crippen LogP contribution < -0.4 is 9.64 Å². The molecule has 0 spiro atoms. The van der Waals surface area contributed by atoms with Gasteiger partial charge in [0.15, 0.2) is 5.82 Å². The molecule has 2 aromatic heterocycles. The summed E-state index contributed by atoms with van der Waals surface area (Å²) in [6, 6.07) is 0. The van der Waals surface area contributed by atoms with Crippen molar-refractivity contribution < 1.29 is 9.53 Å². The molecular weight excluding hydrogens is 316 g/mol. The van der Waals surface area contributed by atoms with Crippen LogP contribution in [-0.2, 0) is 0 Å². The van der Waals surface area contributed by atoms with Gasteiger partial charge in [0.05, 0.1) is 24.6 Å². The predicted molar refractivity (Wildman–Crippen MR) is 85.9 cm³/mol. The first-order valence-electron chi connectivity index (χ1n) is 7.29. The fourth-order valence-corrected chi connectivity index (χ4v) is 2.99. The molecule has 1 amide bonds. The molecule has 1 aliphatic rings. The summed E-state index contributed by atoms with van der Waals surface area (Å²) in [5.74, 6) is 1.18. The van der Waals surface area contributed by atoms with E-state index < -0.39 is 0 Å². The first-order chi connectivity index (χ1) is 11.0. The Morgan fingerprint density at radius 2 is 2.26 bits per heavy atom. The number of anilines is 1. The van der Waals surface area contributed by atoms with Crippen molar-refractivity contribution in [2.24, 2.45) is 0 Å². The van der Waals surface area contributed by atoms with Gasteiger partial charge in [-0.25, -0.2) is 0 Å². The highest BCUT2D eigenvalue weighted by molar-refractivity contribution is 7.07. The number of likely N-dealkylation sites (tertiary alicyclic amines) is 1. The summed E-state index contributed by atoms with van der Waals surface area (Å²) >= 11 is 1.13. The summed E-state index contributed by atoms with van der Waals surface area (Å²) in [6.07, 6.45) is 3.96. The lowest BCUT2D eigenvalue weighted by Gasteiger charge is -2.17. The molecule has 9 heteroatoms. The van der Waals surface area contributed by atoms with Crippen LogP contribution in [0.15, 0.2) is 12.4 Å². The van der Waals surface area contributed by atoms with E-state index in [4.69, 9.17) is 4.74 Å². The molecule has 1 fully saturated rings. The Morgan fingerprint density at radius 1 is 1.43 bits per heavy atom. The predicted octanol–water partition coefficient (Wildman–Crippen LogP) is 0.996. The van der Waals surface area contributed by atoms with Crippen molar-refractivity contribution in [3.63, 3.8) is 0 Å². The van der Waals surface area contributed by atoms with Crippen molar-refractivity contribution in [3.8, 4) is 5.88 Å². The topological polar surface area (TPSA) is 84.3 Å². The minimum absolute atomic E-state index is 0.0308. The van der Waals surface area contributed by atoms with Gasteiger partial charge in [0, 0.05) is 27.1 Å². The number of nitrogens with zero attached hydrogens (tertiary/aromatic N) is 6. The van der Waals surface area contributed by atoms with Crippen LogP contribution in [-0.4, -0.2) is 63.7 Å². The third kappa shape index (κ3) is 3.39. The number of carbonyl (C=O) groups is 1. The second-order valence-corrected chi connectivity index (χ2v) is 6.33. The summed E-state index contributed by atoms with van der Waals surface area (Å²) in [6.45, 7) is 2.98. The van der Waals surface area contributed by atoms with Gasteiger partial charge in [0.2, 0.25) is 5.88 Å². The van der Waals surface area contributed by atoms with Crippen LogP contribution in [0.2, 0.25) is 0 Å². The third-order valence-corrected chi connectivity index (χ3v) is 4.44.